The zero-order valence-corrected chi connectivity index (χ0v) is 8.60. The molecule has 1 atom stereocenters. The van der Waals surface area contributed by atoms with E-state index in [0.29, 0.717) is 0 Å². The zero-order chi connectivity index (χ0) is 10.6. The quantitative estimate of drug-likeness (QED) is 0.764. The van der Waals surface area contributed by atoms with Crippen molar-refractivity contribution in [1.82, 2.24) is 0 Å². The van der Waals surface area contributed by atoms with Gasteiger partial charge >= 0.3 is 0 Å². The predicted molar refractivity (Wildman–Crippen MR) is 56.2 cm³/mol. The van der Waals surface area contributed by atoms with Crippen LogP contribution in [0.15, 0.2) is 24.3 Å². The lowest BCUT2D eigenvalue weighted by Crippen LogP contribution is -2.12. The summed E-state index contributed by atoms with van der Waals surface area (Å²) in [5.41, 5.74) is 6.16. The van der Waals surface area contributed by atoms with Crippen LogP contribution in [0.5, 0.6) is 5.75 Å². The Morgan fingerprint density at radius 3 is 2.71 bits per heavy atom. The first-order valence-corrected chi connectivity index (χ1v) is 4.78. The van der Waals surface area contributed by atoms with E-state index in [1.54, 1.807) is 0 Å². The highest BCUT2D eigenvalue weighted by molar-refractivity contribution is 5.30. The van der Waals surface area contributed by atoms with E-state index in [4.69, 9.17) is 10.5 Å². The molecule has 0 radical (unpaired) electrons. The van der Waals surface area contributed by atoms with Crippen molar-refractivity contribution in [2.24, 2.45) is 5.73 Å². The molecule has 0 aromatic heterocycles. The second-order valence-electron chi connectivity index (χ2n) is 3.49. The van der Waals surface area contributed by atoms with Crippen molar-refractivity contribution >= 4 is 0 Å². The van der Waals surface area contributed by atoms with Crippen molar-refractivity contribution in [2.45, 2.75) is 26.1 Å². The molecule has 0 saturated carbocycles. The molecule has 0 amide bonds. The van der Waals surface area contributed by atoms with E-state index < -0.39 is 6.10 Å². The number of hydrogen-bond acceptors (Lipinski definition) is 3. The van der Waals surface area contributed by atoms with Gasteiger partial charge in [-0.25, -0.2) is 0 Å². The van der Waals surface area contributed by atoms with Gasteiger partial charge in [-0.15, -0.1) is 0 Å². The van der Waals surface area contributed by atoms with Crippen LogP contribution in [0, 0.1) is 0 Å². The lowest BCUT2D eigenvalue weighted by Gasteiger charge is -2.12. The molecule has 1 rings (SSSR count). The Kier molecular flexibility index (Phi) is 3.92. The Hall–Kier alpha value is -1.06. The summed E-state index contributed by atoms with van der Waals surface area (Å²) in [5, 5.41) is 9.51. The summed E-state index contributed by atoms with van der Waals surface area (Å²) in [7, 11) is 0. The summed E-state index contributed by atoms with van der Waals surface area (Å²) in [6, 6.07) is 7.38. The Morgan fingerprint density at radius 1 is 1.43 bits per heavy atom. The van der Waals surface area contributed by atoms with Gasteiger partial charge in [0.15, 0.2) is 0 Å². The van der Waals surface area contributed by atoms with Crippen LogP contribution in [0.1, 0.15) is 25.5 Å². The molecule has 0 fully saturated rings. The average molecular weight is 195 g/mol. The van der Waals surface area contributed by atoms with Crippen LogP contribution in [0.2, 0.25) is 0 Å². The number of ether oxygens (including phenoxy) is 1. The third-order valence-electron chi connectivity index (χ3n) is 1.84. The lowest BCUT2D eigenvalue weighted by atomic mass is 10.1. The maximum atomic E-state index is 9.51. The monoisotopic (exact) mass is 195 g/mol. The van der Waals surface area contributed by atoms with Gasteiger partial charge in [-0.3, -0.25) is 0 Å². The molecule has 1 aromatic rings. The summed E-state index contributed by atoms with van der Waals surface area (Å²) in [4.78, 5) is 0. The first-order valence-electron chi connectivity index (χ1n) is 4.78. The molecule has 0 heterocycles. The zero-order valence-electron chi connectivity index (χ0n) is 8.60. The number of nitrogens with two attached hydrogens (primary N) is 1. The molecule has 3 nitrogen and oxygen atoms in total. The molecule has 14 heavy (non-hydrogen) atoms. The first-order chi connectivity index (χ1) is 6.63. The van der Waals surface area contributed by atoms with Crippen LogP contribution >= 0.6 is 0 Å². The number of benzene rings is 1. The van der Waals surface area contributed by atoms with Crippen LogP contribution in [0.3, 0.4) is 0 Å². The maximum Gasteiger partial charge on any atom is 0.120 e. The minimum absolute atomic E-state index is 0.139. The predicted octanol–water partition coefficient (Wildman–Crippen LogP) is 1.47. The molecular weight excluding hydrogens is 178 g/mol. The SMILES string of the molecule is CC(C)Oc1cccc(C(O)CN)c1. The second-order valence-corrected chi connectivity index (χ2v) is 3.49. The van der Waals surface area contributed by atoms with E-state index in [1.807, 2.05) is 38.1 Å². The maximum absolute atomic E-state index is 9.51. The largest absolute Gasteiger partial charge is 0.491 e. The van der Waals surface area contributed by atoms with Gasteiger partial charge in [0.05, 0.1) is 12.2 Å². The number of rotatable bonds is 4. The summed E-state index contributed by atoms with van der Waals surface area (Å²) in [5.74, 6) is 0.769. The molecule has 0 aliphatic carbocycles. The Bertz CT molecular complexity index is 286. The number of hydrogen-bond donors (Lipinski definition) is 2. The van der Waals surface area contributed by atoms with Crippen molar-refractivity contribution < 1.29 is 9.84 Å². The molecule has 78 valence electrons. The number of aliphatic hydroxyl groups excluding tert-OH is 1. The van der Waals surface area contributed by atoms with E-state index in [-0.39, 0.29) is 12.6 Å². The van der Waals surface area contributed by atoms with E-state index in [2.05, 4.69) is 0 Å². The van der Waals surface area contributed by atoms with Gasteiger partial charge < -0.3 is 15.6 Å². The topological polar surface area (TPSA) is 55.5 Å². The highest BCUT2D eigenvalue weighted by atomic mass is 16.5. The van der Waals surface area contributed by atoms with Gasteiger partial charge in [0.2, 0.25) is 0 Å². The van der Waals surface area contributed by atoms with Gasteiger partial charge in [-0.1, -0.05) is 12.1 Å². The normalized spacial score (nSPS) is 12.9. The third-order valence-corrected chi connectivity index (χ3v) is 1.84. The molecular formula is C11H17NO2. The second kappa shape index (κ2) is 4.98. The van der Waals surface area contributed by atoms with Gasteiger partial charge in [0.1, 0.15) is 5.75 Å². The van der Waals surface area contributed by atoms with Crippen molar-refractivity contribution in [2.75, 3.05) is 6.54 Å². The lowest BCUT2D eigenvalue weighted by molar-refractivity contribution is 0.185. The first kappa shape index (κ1) is 11.0. The minimum Gasteiger partial charge on any atom is -0.491 e. The van der Waals surface area contributed by atoms with Crippen LogP contribution in [-0.2, 0) is 0 Å². The average Bonchev–Trinajstić information content (AvgIpc) is 2.16. The minimum atomic E-state index is -0.606. The molecule has 0 saturated heterocycles. The fourth-order valence-electron chi connectivity index (χ4n) is 1.20. The highest BCUT2D eigenvalue weighted by Crippen LogP contribution is 2.19. The Morgan fingerprint density at radius 2 is 2.14 bits per heavy atom. The molecule has 0 spiro atoms. The van der Waals surface area contributed by atoms with Gasteiger partial charge in [-0.05, 0) is 31.5 Å². The molecule has 0 bridgehead atoms. The van der Waals surface area contributed by atoms with Crippen molar-refractivity contribution in [1.29, 1.82) is 0 Å². The van der Waals surface area contributed by atoms with Crippen molar-refractivity contribution in [3.8, 4) is 5.75 Å². The molecule has 3 N–H and O–H groups in total. The fourth-order valence-corrected chi connectivity index (χ4v) is 1.20. The van der Waals surface area contributed by atoms with E-state index in [0.717, 1.165) is 11.3 Å². The molecule has 1 aromatic carbocycles. The van der Waals surface area contributed by atoms with Crippen molar-refractivity contribution in [3.63, 3.8) is 0 Å². The van der Waals surface area contributed by atoms with Crippen LogP contribution in [0.4, 0.5) is 0 Å². The van der Waals surface area contributed by atoms with Crippen molar-refractivity contribution in [3.05, 3.63) is 29.8 Å². The molecule has 0 aliphatic rings. The van der Waals surface area contributed by atoms with E-state index >= 15 is 0 Å². The summed E-state index contributed by atoms with van der Waals surface area (Å²) < 4.78 is 5.50. The van der Waals surface area contributed by atoms with Gasteiger partial charge in [0.25, 0.3) is 0 Å². The van der Waals surface area contributed by atoms with E-state index in [1.165, 1.54) is 0 Å². The van der Waals surface area contributed by atoms with E-state index in [9.17, 15) is 5.11 Å². The Labute approximate surface area is 84.5 Å². The third kappa shape index (κ3) is 3.01. The van der Waals surface area contributed by atoms with Crippen LogP contribution in [0.25, 0.3) is 0 Å². The molecule has 1 unspecified atom stereocenters. The van der Waals surface area contributed by atoms with Crippen LogP contribution in [-0.4, -0.2) is 17.8 Å². The Balaban J connectivity index is 2.78. The molecule has 3 heteroatoms. The summed E-state index contributed by atoms with van der Waals surface area (Å²) in [6.07, 6.45) is -0.467. The fraction of sp³-hybridized carbons (Fsp3) is 0.455. The van der Waals surface area contributed by atoms with Gasteiger partial charge in [-0.2, -0.15) is 0 Å². The van der Waals surface area contributed by atoms with Gasteiger partial charge in [0, 0.05) is 6.54 Å². The summed E-state index contributed by atoms with van der Waals surface area (Å²) in [6.45, 7) is 4.16. The standard InChI is InChI=1S/C11H17NO2/c1-8(2)14-10-5-3-4-9(6-10)11(13)7-12/h3-6,8,11,13H,7,12H2,1-2H3. The number of aliphatic hydroxyl groups is 1. The smallest absolute Gasteiger partial charge is 0.120 e. The molecule has 0 aliphatic heterocycles. The summed E-state index contributed by atoms with van der Waals surface area (Å²) >= 11 is 0. The van der Waals surface area contributed by atoms with Crippen LogP contribution < -0.4 is 10.5 Å². The highest BCUT2D eigenvalue weighted by Gasteiger charge is 2.06.